The number of anilines is 2. The van der Waals surface area contributed by atoms with Gasteiger partial charge in [0.15, 0.2) is 6.54 Å². The van der Waals surface area contributed by atoms with Crippen LogP contribution in [0.1, 0.15) is 0 Å². The molecule has 1 saturated heterocycles. The Kier molecular flexibility index (Phi) is 5.61. The molecule has 0 unspecified atom stereocenters. The zero-order valence-corrected chi connectivity index (χ0v) is 14.8. The minimum atomic E-state index is -0.00181. The van der Waals surface area contributed by atoms with Crippen LogP contribution in [0, 0.1) is 0 Å². The van der Waals surface area contributed by atoms with Gasteiger partial charge in [0.25, 0.3) is 5.91 Å². The van der Waals surface area contributed by atoms with Gasteiger partial charge in [0.05, 0.1) is 36.9 Å². The van der Waals surface area contributed by atoms with E-state index in [4.69, 9.17) is 23.2 Å². The van der Waals surface area contributed by atoms with Crippen LogP contribution in [-0.2, 0) is 4.79 Å². The van der Waals surface area contributed by atoms with Crippen LogP contribution in [0.4, 0.5) is 11.4 Å². The molecule has 2 N–H and O–H groups in total. The van der Waals surface area contributed by atoms with E-state index in [2.05, 4.69) is 10.2 Å². The second-order valence-electron chi connectivity index (χ2n) is 5.92. The lowest BCUT2D eigenvalue weighted by Crippen LogP contribution is -3.15. The van der Waals surface area contributed by atoms with E-state index in [-0.39, 0.29) is 5.91 Å². The molecule has 4 nitrogen and oxygen atoms in total. The number of amides is 1. The minimum absolute atomic E-state index is 0.00181. The average Bonchev–Trinajstić information content (AvgIpc) is 2.58. The quantitative estimate of drug-likeness (QED) is 0.873. The van der Waals surface area contributed by atoms with Crippen molar-refractivity contribution in [3.8, 4) is 0 Å². The van der Waals surface area contributed by atoms with Gasteiger partial charge in [-0.15, -0.1) is 0 Å². The summed E-state index contributed by atoms with van der Waals surface area (Å²) in [6.07, 6.45) is 0. The van der Waals surface area contributed by atoms with Crippen molar-refractivity contribution in [3.63, 3.8) is 0 Å². The first kappa shape index (κ1) is 17.1. The van der Waals surface area contributed by atoms with Crippen molar-refractivity contribution in [2.24, 2.45) is 0 Å². The molecule has 0 aromatic heterocycles. The molecule has 3 rings (SSSR count). The van der Waals surface area contributed by atoms with Crippen molar-refractivity contribution >= 4 is 40.5 Å². The van der Waals surface area contributed by atoms with E-state index in [9.17, 15) is 4.79 Å². The maximum Gasteiger partial charge on any atom is 0.279 e. The molecular weight excluding hydrogens is 345 g/mol. The Morgan fingerprint density at radius 3 is 2.38 bits per heavy atom. The number of hydrogen-bond acceptors (Lipinski definition) is 2. The molecule has 0 aliphatic carbocycles. The summed E-state index contributed by atoms with van der Waals surface area (Å²) >= 11 is 12.0. The summed E-state index contributed by atoms with van der Waals surface area (Å²) in [6, 6.07) is 15.2. The lowest BCUT2D eigenvalue weighted by atomic mass is 10.2. The van der Waals surface area contributed by atoms with Gasteiger partial charge in [-0.2, -0.15) is 0 Å². The van der Waals surface area contributed by atoms with Crippen LogP contribution < -0.4 is 15.1 Å². The first-order valence-electron chi connectivity index (χ1n) is 8.00. The van der Waals surface area contributed by atoms with Gasteiger partial charge in [-0.25, -0.2) is 0 Å². The van der Waals surface area contributed by atoms with E-state index in [0.29, 0.717) is 17.3 Å². The van der Waals surface area contributed by atoms with E-state index in [1.54, 1.807) is 6.07 Å². The number of hydrogen-bond donors (Lipinski definition) is 2. The van der Waals surface area contributed by atoms with Crippen molar-refractivity contribution in [2.45, 2.75) is 0 Å². The van der Waals surface area contributed by atoms with Gasteiger partial charge in [0.1, 0.15) is 0 Å². The van der Waals surface area contributed by atoms with Gasteiger partial charge in [-0.05, 0) is 36.4 Å². The molecule has 126 valence electrons. The van der Waals surface area contributed by atoms with Gasteiger partial charge in [-0.3, -0.25) is 4.79 Å². The van der Waals surface area contributed by atoms with E-state index < -0.39 is 0 Å². The second kappa shape index (κ2) is 7.88. The lowest BCUT2D eigenvalue weighted by molar-refractivity contribution is -0.892. The van der Waals surface area contributed by atoms with E-state index in [1.165, 1.54) is 10.6 Å². The molecule has 0 saturated carbocycles. The Morgan fingerprint density at radius 1 is 1.04 bits per heavy atom. The molecule has 0 atom stereocenters. The van der Waals surface area contributed by atoms with Crippen LogP contribution in [-0.4, -0.2) is 38.6 Å². The number of piperazine rings is 1. The summed E-state index contributed by atoms with van der Waals surface area (Å²) in [4.78, 5) is 15.8. The summed E-state index contributed by atoms with van der Waals surface area (Å²) in [5, 5.41) is 4.20. The normalized spacial score (nSPS) is 15.3. The number of rotatable bonds is 4. The van der Waals surface area contributed by atoms with Crippen molar-refractivity contribution in [2.75, 3.05) is 42.9 Å². The highest BCUT2D eigenvalue weighted by Crippen LogP contribution is 2.20. The Balaban J connectivity index is 1.49. The highest BCUT2D eigenvalue weighted by atomic mass is 35.5. The molecule has 1 aliphatic rings. The predicted molar refractivity (Wildman–Crippen MR) is 99.3 cm³/mol. The average molecular weight is 365 g/mol. The van der Waals surface area contributed by atoms with Gasteiger partial charge < -0.3 is 15.1 Å². The zero-order chi connectivity index (χ0) is 16.9. The van der Waals surface area contributed by atoms with Crippen molar-refractivity contribution < 1.29 is 9.69 Å². The molecule has 0 radical (unpaired) electrons. The number of benzene rings is 2. The van der Waals surface area contributed by atoms with E-state index >= 15 is 0 Å². The lowest BCUT2D eigenvalue weighted by Gasteiger charge is -2.33. The van der Waals surface area contributed by atoms with Crippen LogP contribution in [0.2, 0.25) is 10.0 Å². The maximum absolute atomic E-state index is 12.2. The smallest absolute Gasteiger partial charge is 0.279 e. The largest absolute Gasteiger partial charge is 0.360 e. The highest BCUT2D eigenvalue weighted by molar-refractivity contribution is 6.33. The van der Waals surface area contributed by atoms with E-state index in [1.807, 2.05) is 42.5 Å². The topological polar surface area (TPSA) is 36.8 Å². The number of quaternary nitrogens is 1. The van der Waals surface area contributed by atoms with Crippen LogP contribution >= 0.6 is 23.2 Å². The first-order chi connectivity index (χ1) is 11.6. The molecular formula is C18H20Cl2N3O+. The monoisotopic (exact) mass is 364 g/mol. The Morgan fingerprint density at radius 2 is 1.71 bits per heavy atom. The molecule has 0 spiro atoms. The molecule has 24 heavy (non-hydrogen) atoms. The van der Waals surface area contributed by atoms with Crippen molar-refractivity contribution in [3.05, 3.63) is 58.6 Å². The molecule has 1 aliphatic heterocycles. The molecule has 1 heterocycles. The standard InChI is InChI=1S/C18H19Cl2N3O/c19-14-5-7-15(8-6-14)23-11-9-22(10-12-23)13-18(24)21-17-4-2-1-3-16(17)20/h1-8H,9-13H2,(H,21,24)/p+1. The minimum Gasteiger partial charge on any atom is -0.360 e. The van der Waals surface area contributed by atoms with Crippen molar-refractivity contribution in [1.29, 1.82) is 0 Å². The van der Waals surface area contributed by atoms with Gasteiger partial charge in [0.2, 0.25) is 0 Å². The molecule has 1 fully saturated rings. The Bertz CT molecular complexity index is 698. The van der Waals surface area contributed by atoms with Crippen LogP contribution in [0.15, 0.2) is 48.5 Å². The fraction of sp³-hybridized carbons (Fsp3) is 0.278. The summed E-state index contributed by atoms with van der Waals surface area (Å²) < 4.78 is 0. The van der Waals surface area contributed by atoms with Gasteiger partial charge >= 0.3 is 0 Å². The summed E-state index contributed by atoms with van der Waals surface area (Å²) in [5.41, 5.74) is 1.85. The summed E-state index contributed by atoms with van der Waals surface area (Å²) in [7, 11) is 0. The predicted octanol–water partition coefficient (Wildman–Crippen LogP) is 2.34. The summed E-state index contributed by atoms with van der Waals surface area (Å²) in [6.45, 7) is 4.17. The third-order valence-corrected chi connectivity index (χ3v) is 4.80. The Labute approximate surface area is 152 Å². The fourth-order valence-electron chi connectivity index (χ4n) is 2.89. The fourth-order valence-corrected chi connectivity index (χ4v) is 3.20. The molecule has 6 heteroatoms. The number of nitrogens with zero attached hydrogens (tertiary/aromatic N) is 1. The number of para-hydroxylation sites is 1. The third-order valence-electron chi connectivity index (χ3n) is 4.22. The SMILES string of the molecule is O=C(C[NH+]1CCN(c2ccc(Cl)cc2)CC1)Nc1ccccc1Cl. The first-order valence-corrected chi connectivity index (χ1v) is 8.76. The third kappa shape index (κ3) is 4.41. The zero-order valence-electron chi connectivity index (χ0n) is 13.3. The van der Waals surface area contributed by atoms with Crippen LogP contribution in [0.5, 0.6) is 0 Å². The second-order valence-corrected chi connectivity index (χ2v) is 6.76. The number of nitrogens with one attached hydrogen (secondary N) is 2. The maximum atomic E-state index is 12.2. The summed E-state index contributed by atoms with van der Waals surface area (Å²) in [5.74, 6) is -0.00181. The highest BCUT2D eigenvalue weighted by Gasteiger charge is 2.22. The number of carbonyl (C=O) groups is 1. The Hall–Kier alpha value is -1.75. The van der Waals surface area contributed by atoms with Crippen molar-refractivity contribution in [1.82, 2.24) is 0 Å². The number of carbonyl (C=O) groups excluding carboxylic acids is 1. The molecule has 1 amide bonds. The molecule has 2 aromatic rings. The van der Waals surface area contributed by atoms with Crippen LogP contribution in [0.25, 0.3) is 0 Å². The molecule has 0 bridgehead atoms. The molecule has 2 aromatic carbocycles. The van der Waals surface area contributed by atoms with E-state index in [0.717, 1.165) is 31.2 Å². The van der Waals surface area contributed by atoms with Crippen LogP contribution in [0.3, 0.4) is 0 Å². The van der Waals surface area contributed by atoms with Gasteiger partial charge in [0, 0.05) is 10.7 Å². The van der Waals surface area contributed by atoms with Gasteiger partial charge in [-0.1, -0.05) is 35.3 Å². The number of halogens is 2.